The molecule has 0 bridgehead atoms. The minimum Gasteiger partial charge on any atom is -0.323 e. The van der Waals surface area contributed by atoms with Crippen molar-refractivity contribution in [1.82, 2.24) is 4.57 Å². The molecule has 0 N–H and O–H groups in total. The summed E-state index contributed by atoms with van der Waals surface area (Å²) in [7, 11) is 0. The Morgan fingerprint density at radius 3 is 2.60 bits per heavy atom. The zero-order valence-electron chi connectivity index (χ0n) is 10.8. The van der Waals surface area contributed by atoms with Gasteiger partial charge < -0.3 is 4.57 Å². The molecule has 0 saturated heterocycles. The van der Waals surface area contributed by atoms with Crippen molar-refractivity contribution >= 4 is 34.5 Å². The largest absolute Gasteiger partial charge is 0.323 e. The second-order valence-electron chi connectivity index (χ2n) is 4.43. The summed E-state index contributed by atoms with van der Waals surface area (Å²) in [5, 5.41) is 0. The molecule has 1 heterocycles. The third-order valence-electron chi connectivity index (χ3n) is 2.94. The number of aromatic nitrogens is 1. The van der Waals surface area contributed by atoms with E-state index in [1.165, 1.54) is 3.57 Å². The van der Waals surface area contributed by atoms with Crippen LogP contribution in [0.4, 0.5) is 5.69 Å². The maximum absolute atomic E-state index is 4.50. The third-order valence-corrected chi connectivity index (χ3v) is 3.61. The average Bonchev–Trinajstić information content (AvgIpc) is 2.95. The Bertz CT molecular complexity index is 730. The van der Waals surface area contributed by atoms with Crippen LogP contribution in [-0.4, -0.2) is 10.8 Å². The zero-order chi connectivity index (χ0) is 13.8. The minimum absolute atomic E-state index is 0.976. The second-order valence-corrected chi connectivity index (χ2v) is 5.67. The van der Waals surface area contributed by atoms with Crippen molar-refractivity contribution in [2.24, 2.45) is 4.99 Å². The van der Waals surface area contributed by atoms with Crippen LogP contribution in [0, 0.1) is 3.57 Å². The van der Waals surface area contributed by atoms with Gasteiger partial charge in [0.25, 0.3) is 0 Å². The van der Waals surface area contributed by atoms with E-state index in [2.05, 4.69) is 68.7 Å². The molecule has 0 atom stereocenters. The highest BCUT2D eigenvalue weighted by Crippen LogP contribution is 2.16. The van der Waals surface area contributed by atoms with Crippen LogP contribution >= 0.6 is 22.6 Å². The lowest BCUT2D eigenvalue weighted by molar-refractivity contribution is 1.08. The van der Waals surface area contributed by atoms with Gasteiger partial charge in [-0.05, 0) is 59.0 Å². The van der Waals surface area contributed by atoms with Crippen LogP contribution in [-0.2, 0) is 0 Å². The van der Waals surface area contributed by atoms with E-state index < -0.39 is 0 Å². The SMILES string of the molecule is Ic1cccc(N=Cc2ccn(-c3ccccc3)c2)c1. The highest BCUT2D eigenvalue weighted by molar-refractivity contribution is 14.1. The zero-order valence-corrected chi connectivity index (χ0v) is 12.9. The van der Waals surface area contributed by atoms with Crippen molar-refractivity contribution in [1.29, 1.82) is 0 Å². The number of rotatable bonds is 3. The first-order valence-corrected chi connectivity index (χ1v) is 7.42. The maximum atomic E-state index is 4.50. The van der Waals surface area contributed by atoms with Crippen molar-refractivity contribution in [2.75, 3.05) is 0 Å². The summed E-state index contributed by atoms with van der Waals surface area (Å²) in [6.45, 7) is 0. The number of aliphatic imine (C=N–C) groups is 1. The molecule has 98 valence electrons. The van der Waals surface area contributed by atoms with Crippen molar-refractivity contribution in [3.05, 3.63) is 82.2 Å². The fourth-order valence-electron chi connectivity index (χ4n) is 1.96. The molecule has 3 heteroatoms. The molecule has 3 rings (SSSR count). The molecular formula is C17H13IN2. The van der Waals surface area contributed by atoms with Crippen molar-refractivity contribution in [2.45, 2.75) is 0 Å². The van der Waals surface area contributed by atoms with Gasteiger partial charge in [-0.3, -0.25) is 4.99 Å². The fraction of sp³-hybridized carbons (Fsp3) is 0. The summed E-state index contributed by atoms with van der Waals surface area (Å²) in [4.78, 5) is 4.50. The number of para-hydroxylation sites is 1. The van der Waals surface area contributed by atoms with Gasteiger partial charge in [-0.1, -0.05) is 24.3 Å². The van der Waals surface area contributed by atoms with Gasteiger partial charge in [-0.2, -0.15) is 0 Å². The summed E-state index contributed by atoms with van der Waals surface area (Å²) in [6, 6.07) is 20.5. The van der Waals surface area contributed by atoms with Crippen LogP contribution < -0.4 is 0 Å². The molecule has 2 nitrogen and oxygen atoms in total. The highest BCUT2D eigenvalue weighted by Gasteiger charge is 1.96. The van der Waals surface area contributed by atoms with Gasteiger partial charge in [-0.25, -0.2) is 0 Å². The van der Waals surface area contributed by atoms with Gasteiger partial charge in [-0.15, -0.1) is 0 Å². The van der Waals surface area contributed by atoms with E-state index in [1.807, 2.05) is 42.7 Å². The Labute approximate surface area is 131 Å². The van der Waals surface area contributed by atoms with E-state index in [0.717, 1.165) is 16.9 Å². The Balaban J connectivity index is 1.81. The number of hydrogen-bond donors (Lipinski definition) is 0. The Kier molecular flexibility index (Phi) is 3.97. The number of halogens is 1. The van der Waals surface area contributed by atoms with Gasteiger partial charge in [0.05, 0.1) is 5.69 Å². The fourth-order valence-corrected chi connectivity index (χ4v) is 2.48. The standard InChI is InChI=1S/C17H13IN2/c18-15-5-4-6-16(11-15)19-12-14-9-10-20(13-14)17-7-2-1-3-8-17/h1-13H. The van der Waals surface area contributed by atoms with E-state index in [4.69, 9.17) is 0 Å². The monoisotopic (exact) mass is 372 g/mol. The predicted octanol–water partition coefficient (Wildman–Crippen LogP) is 4.83. The molecule has 0 spiro atoms. The van der Waals surface area contributed by atoms with Crippen molar-refractivity contribution < 1.29 is 0 Å². The summed E-state index contributed by atoms with van der Waals surface area (Å²) in [5.74, 6) is 0. The first kappa shape index (κ1) is 13.1. The average molecular weight is 372 g/mol. The minimum atomic E-state index is 0.976. The number of nitrogens with zero attached hydrogens (tertiary/aromatic N) is 2. The van der Waals surface area contributed by atoms with E-state index in [9.17, 15) is 0 Å². The molecule has 0 saturated carbocycles. The first-order chi connectivity index (χ1) is 9.81. The molecular weight excluding hydrogens is 359 g/mol. The Morgan fingerprint density at radius 1 is 0.950 bits per heavy atom. The van der Waals surface area contributed by atoms with Crippen LogP contribution in [0.25, 0.3) is 5.69 Å². The molecule has 0 unspecified atom stereocenters. The summed E-state index contributed by atoms with van der Waals surface area (Å²) < 4.78 is 3.29. The normalized spacial score (nSPS) is 11.1. The van der Waals surface area contributed by atoms with Crippen LogP contribution in [0.2, 0.25) is 0 Å². The summed E-state index contributed by atoms with van der Waals surface area (Å²) >= 11 is 2.29. The predicted molar refractivity (Wildman–Crippen MR) is 92.2 cm³/mol. The van der Waals surface area contributed by atoms with E-state index in [0.29, 0.717) is 0 Å². The number of hydrogen-bond acceptors (Lipinski definition) is 1. The molecule has 3 aromatic rings. The summed E-state index contributed by atoms with van der Waals surface area (Å²) in [6.07, 6.45) is 6.02. The van der Waals surface area contributed by atoms with Crippen LogP contribution in [0.1, 0.15) is 5.56 Å². The molecule has 0 aliphatic rings. The lowest BCUT2D eigenvalue weighted by Crippen LogP contribution is -1.88. The smallest absolute Gasteiger partial charge is 0.0640 e. The molecule has 0 aliphatic heterocycles. The van der Waals surface area contributed by atoms with Gasteiger partial charge in [0.15, 0.2) is 0 Å². The Morgan fingerprint density at radius 2 is 1.80 bits per heavy atom. The van der Waals surface area contributed by atoms with Gasteiger partial charge in [0.2, 0.25) is 0 Å². The maximum Gasteiger partial charge on any atom is 0.0640 e. The number of benzene rings is 2. The lowest BCUT2D eigenvalue weighted by Gasteiger charge is -2.00. The second kappa shape index (κ2) is 6.05. The quantitative estimate of drug-likeness (QED) is 0.463. The molecule has 0 radical (unpaired) electrons. The van der Waals surface area contributed by atoms with E-state index in [-0.39, 0.29) is 0 Å². The molecule has 20 heavy (non-hydrogen) atoms. The summed E-state index contributed by atoms with van der Waals surface area (Å²) in [5.41, 5.74) is 3.22. The molecule has 0 fully saturated rings. The van der Waals surface area contributed by atoms with Gasteiger partial charge >= 0.3 is 0 Å². The topological polar surface area (TPSA) is 17.3 Å². The van der Waals surface area contributed by atoms with Crippen LogP contribution in [0.5, 0.6) is 0 Å². The van der Waals surface area contributed by atoms with Gasteiger partial charge in [0.1, 0.15) is 0 Å². The van der Waals surface area contributed by atoms with Crippen LogP contribution in [0.15, 0.2) is 78.0 Å². The van der Waals surface area contributed by atoms with E-state index in [1.54, 1.807) is 0 Å². The molecule has 1 aromatic heterocycles. The molecule has 0 aliphatic carbocycles. The van der Waals surface area contributed by atoms with Crippen LogP contribution in [0.3, 0.4) is 0 Å². The van der Waals surface area contributed by atoms with Crippen molar-refractivity contribution in [3.8, 4) is 5.69 Å². The first-order valence-electron chi connectivity index (χ1n) is 6.34. The Hall–Kier alpha value is -1.88. The lowest BCUT2D eigenvalue weighted by atomic mass is 10.3. The van der Waals surface area contributed by atoms with E-state index >= 15 is 0 Å². The van der Waals surface area contributed by atoms with Gasteiger partial charge in [0, 0.05) is 33.4 Å². The molecule has 2 aromatic carbocycles. The molecule has 0 amide bonds. The highest BCUT2D eigenvalue weighted by atomic mass is 127. The van der Waals surface area contributed by atoms with Crippen molar-refractivity contribution in [3.63, 3.8) is 0 Å². The third kappa shape index (κ3) is 3.17.